The summed E-state index contributed by atoms with van der Waals surface area (Å²) in [6.07, 6.45) is 1.39. The van der Waals surface area contributed by atoms with Crippen LogP contribution in [0.2, 0.25) is 0 Å². The molecule has 0 spiro atoms. The van der Waals surface area contributed by atoms with Crippen LogP contribution in [0.5, 0.6) is 0 Å². The lowest BCUT2D eigenvalue weighted by molar-refractivity contribution is -0.138. The maximum absolute atomic E-state index is 11.4. The van der Waals surface area contributed by atoms with Crippen molar-refractivity contribution < 1.29 is 14.7 Å². The fraction of sp³-hybridized carbons (Fsp3) is 0.800. The Hall–Kier alpha value is -1.10. The van der Waals surface area contributed by atoms with Crippen molar-refractivity contribution in [1.82, 2.24) is 9.80 Å². The van der Waals surface area contributed by atoms with Crippen molar-refractivity contribution in [3.63, 3.8) is 0 Å². The second kappa shape index (κ2) is 5.70. The molecular formula is C10H18N2O3. The molecule has 0 unspecified atom stereocenters. The van der Waals surface area contributed by atoms with E-state index in [1.54, 1.807) is 0 Å². The molecule has 5 heteroatoms. The molecule has 0 saturated carbocycles. The summed E-state index contributed by atoms with van der Waals surface area (Å²) in [4.78, 5) is 25.7. The molecule has 0 aromatic carbocycles. The number of carbonyl (C=O) groups excluding carboxylic acids is 1. The van der Waals surface area contributed by atoms with Gasteiger partial charge in [0.2, 0.25) is 5.91 Å². The van der Waals surface area contributed by atoms with E-state index >= 15 is 0 Å². The molecule has 0 aromatic rings. The van der Waals surface area contributed by atoms with E-state index in [4.69, 9.17) is 5.11 Å². The average Bonchev–Trinajstić information content (AvgIpc) is 2.41. The first-order valence-corrected chi connectivity index (χ1v) is 5.35. The molecule has 1 rings (SSSR count). The normalized spacial score (nSPS) is 18.6. The highest BCUT2D eigenvalue weighted by Crippen LogP contribution is 2.04. The molecular weight excluding hydrogens is 196 g/mol. The number of nitrogens with zero attached hydrogens (tertiary/aromatic N) is 2. The molecule has 0 aromatic heterocycles. The first kappa shape index (κ1) is 12.0. The van der Waals surface area contributed by atoms with Gasteiger partial charge in [-0.2, -0.15) is 0 Å². The largest absolute Gasteiger partial charge is 0.480 e. The van der Waals surface area contributed by atoms with Crippen molar-refractivity contribution >= 4 is 11.9 Å². The van der Waals surface area contributed by atoms with Crippen LogP contribution in [-0.4, -0.2) is 59.5 Å². The average molecular weight is 214 g/mol. The van der Waals surface area contributed by atoms with Crippen molar-refractivity contribution in [3.05, 3.63) is 0 Å². The van der Waals surface area contributed by atoms with Crippen LogP contribution in [-0.2, 0) is 9.59 Å². The predicted molar refractivity (Wildman–Crippen MR) is 55.6 cm³/mol. The standard InChI is InChI=1S/C10H18N2O3/c1-2-9(13)12-5-3-4-11(6-7-12)8-10(14)15/h2-8H2,1H3,(H,14,15). The first-order chi connectivity index (χ1) is 7.13. The summed E-state index contributed by atoms with van der Waals surface area (Å²) in [7, 11) is 0. The number of hydrogen-bond donors (Lipinski definition) is 1. The number of aliphatic carboxylic acids is 1. The Morgan fingerprint density at radius 2 is 1.93 bits per heavy atom. The fourth-order valence-corrected chi connectivity index (χ4v) is 1.79. The summed E-state index contributed by atoms with van der Waals surface area (Å²) in [5.41, 5.74) is 0. The third-order valence-electron chi connectivity index (χ3n) is 2.60. The van der Waals surface area contributed by atoms with E-state index in [1.165, 1.54) is 0 Å². The van der Waals surface area contributed by atoms with Gasteiger partial charge in [0.15, 0.2) is 0 Å². The van der Waals surface area contributed by atoms with Crippen LogP contribution in [0.1, 0.15) is 19.8 Å². The zero-order chi connectivity index (χ0) is 11.3. The van der Waals surface area contributed by atoms with Gasteiger partial charge in [-0.05, 0) is 6.42 Å². The molecule has 86 valence electrons. The minimum Gasteiger partial charge on any atom is -0.480 e. The molecule has 1 saturated heterocycles. The summed E-state index contributed by atoms with van der Waals surface area (Å²) in [5, 5.41) is 8.66. The maximum Gasteiger partial charge on any atom is 0.317 e. The lowest BCUT2D eigenvalue weighted by atomic mass is 10.3. The van der Waals surface area contributed by atoms with Crippen LogP contribution in [0.25, 0.3) is 0 Å². The minimum absolute atomic E-state index is 0.0775. The van der Waals surface area contributed by atoms with Crippen LogP contribution in [0, 0.1) is 0 Å². The second-order valence-corrected chi connectivity index (χ2v) is 3.76. The van der Waals surface area contributed by atoms with Gasteiger partial charge >= 0.3 is 5.97 Å². The van der Waals surface area contributed by atoms with Gasteiger partial charge < -0.3 is 10.0 Å². The Bertz CT molecular complexity index is 243. The Morgan fingerprint density at radius 1 is 1.20 bits per heavy atom. The Kier molecular flexibility index (Phi) is 4.55. The highest BCUT2D eigenvalue weighted by atomic mass is 16.4. The highest BCUT2D eigenvalue weighted by molar-refractivity contribution is 5.75. The maximum atomic E-state index is 11.4. The predicted octanol–water partition coefficient (Wildman–Crippen LogP) is 0.0153. The van der Waals surface area contributed by atoms with Crippen molar-refractivity contribution in [2.24, 2.45) is 0 Å². The van der Waals surface area contributed by atoms with E-state index in [-0.39, 0.29) is 12.5 Å². The van der Waals surface area contributed by atoms with Crippen molar-refractivity contribution in [1.29, 1.82) is 0 Å². The molecule has 1 aliphatic heterocycles. The summed E-state index contributed by atoms with van der Waals surface area (Å²) >= 11 is 0. The Morgan fingerprint density at radius 3 is 2.53 bits per heavy atom. The van der Waals surface area contributed by atoms with Gasteiger partial charge in [-0.1, -0.05) is 6.92 Å². The third-order valence-corrected chi connectivity index (χ3v) is 2.60. The second-order valence-electron chi connectivity index (χ2n) is 3.76. The SMILES string of the molecule is CCC(=O)N1CCCN(CC(=O)O)CC1. The fourth-order valence-electron chi connectivity index (χ4n) is 1.79. The van der Waals surface area contributed by atoms with Crippen molar-refractivity contribution in [3.8, 4) is 0 Å². The lowest BCUT2D eigenvalue weighted by Crippen LogP contribution is -2.36. The number of rotatable bonds is 3. The minimum atomic E-state index is -0.801. The molecule has 1 aliphatic rings. The third kappa shape index (κ3) is 3.87. The topological polar surface area (TPSA) is 60.9 Å². The summed E-state index contributed by atoms with van der Waals surface area (Å²) < 4.78 is 0. The van der Waals surface area contributed by atoms with Gasteiger partial charge in [-0.3, -0.25) is 14.5 Å². The van der Waals surface area contributed by atoms with E-state index in [0.717, 1.165) is 19.5 Å². The molecule has 1 fully saturated rings. The monoisotopic (exact) mass is 214 g/mol. The Labute approximate surface area is 89.7 Å². The van der Waals surface area contributed by atoms with E-state index in [2.05, 4.69) is 0 Å². The molecule has 1 amide bonds. The number of carbonyl (C=O) groups is 2. The summed E-state index contributed by atoms with van der Waals surface area (Å²) in [6.45, 7) is 4.76. The van der Waals surface area contributed by atoms with Crippen LogP contribution < -0.4 is 0 Å². The number of hydrogen-bond acceptors (Lipinski definition) is 3. The van der Waals surface area contributed by atoms with Crippen LogP contribution in [0.3, 0.4) is 0 Å². The number of carboxylic acids is 1. The van der Waals surface area contributed by atoms with Gasteiger partial charge in [0.1, 0.15) is 0 Å². The molecule has 5 nitrogen and oxygen atoms in total. The van der Waals surface area contributed by atoms with Crippen LogP contribution in [0.15, 0.2) is 0 Å². The molecule has 0 aliphatic carbocycles. The number of amides is 1. The van der Waals surface area contributed by atoms with Gasteiger partial charge in [-0.15, -0.1) is 0 Å². The molecule has 1 N–H and O–H groups in total. The van der Waals surface area contributed by atoms with E-state index < -0.39 is 5.97 Å². The molecule has 0 bridgehead atoms. The van der Waals surface area contributed by atoms with E-state index in [0.29, 0.717) is 19.5 Å². The Balaban J connectivity index is 2.41. The van der Waals surface area contributed by atoms with E-state index in [9.17, 15) is 9.59 Å². The summed E-state index contributed by atoms with van der Waals surface area (Å²) in [6, 6.07) is 0. The summed E-state index contributed by atoms with van der Waals surface area (Å²) in [5.74, 6) is -0.641. The lowest BCUT2D eigenvalue weighted by Gasteiger charge is -2.20. The van der Waals surface area contributed by atoms with Gasteiger partial charge in [-0.25, -0.2) is 0 Å². The molecule has 15 heavy (non-hydrogen) atoms. The van der Waals surface area contributed by atoms with Gasteiger partial charge in [0.05, 0.1) is 6.54 Å². The zero-order valence-corrected chi connectivity index (χ0v) is 9.11. The van der Waals surface area contributed by atoms with Crippen molar-refractivity contribution in [2.45, 2.75) is 19.8 Å². The van der Waals surface area contributed by atoms with Crippen LogP contribution in [0.4, 0.5) is 0 Å². The smallest absolute Gasteiger partial charge is 0.317 e. The van der Waals surface area contributed by atoms with Crippen molar-refractivity contribution in [2.75, 3.05) is 32.7 Å². The quantitative estimate of drug-likeness (QED) is 0.719. The van der Waals surface area contributed by atoms with Gasteiger partial charge in [0, 0.05) is 32.6 Å². The molecule has 0 radical (unpaired) electrons. The number of carboxylic acid groups (broad SMARTS) is 1. The first-order valence-electron chi connectivity index (χ1n) is 5.35. The zero-order valence-electron chi connectivity index (χ0n) is 9.11. The molecule has 0 atom stereocenters. The van der Waals surface area contributed by atoms with E-state index in [1.807, 2.05) is 16.7 Å². The van der Waals surface area contributed by atoms with Crippen LogP contribution >= 0.6 is 0 Å². The van der Waals surface area contributed by atoms with Gasteiger partial charge in [0.25, 0.3) is 0 Å². The molecule has 1 heterocycles. The highest BCUT2D eigenvalue weighted by Gasteiger charge is 2.18.